The number of aromatic nitrogens is 1. The summed E-state index contributed by atoms with van der Waals surface area (Å²) in [6.45, 7) is 16.0. The molecule has 34 heavy (non-hydrogen) atoms. The van der Waals surface area contributed by atoms with Crippen LogP contribution in [0.3, 0.4) is 0 Å². The highest BCUT2D eigenvalue weighted by molar-refractivity contribution is 5.85. The Hall–Kier alpha value is -3.27. The van der Waals surface area contributed by atoms with Gasteiger partial charge < -0.3 is 14.5 Å². The monoisotopic (exact) mass is 453 g/mol. The SMILES string of the molecule is C=CC1(CC)c2ccccc2N2c3nc(Oc4ccccc4)ccc3N(C(C)C)C2C1(C)CC. The molecule has 2 aliphatic heterocycles. The summed E-state index contributed by atoms with van der Waals surface area (Å²) < 4.78 is 6.16. The molecular formula is C30H35N3O. The first-order valence-electron chi connectivity index (χ1n) is 12.5. The van der Waals surface area contributed by atoms with Gasteiger partial charge in [0.05, 0.1) is 5.69 Å². The molecule has 3 heterocycles. The highest BCUT2D eigenvalue weighted by Crippen LogP contribution is 2.63. The van der Waals surface area contributed by atoms with E-state index in [2.05, 4.69) is 87.4 Å². The number of para-hydroxylation sites is 2. The summed E-state index contributed by atoms with van der Waals surface area (Å²) in [6, 6.07) is 23.2. The number of ether oxygens (including phenoxy) is 1. The third-order valence-corrected chi connectivity index (χ3v) is 8.24. The van der Waals surface area contributed by atoms with Crippen molar-refractivity contribution in [3.05, 3.63) is 84.9 Å². The Labute approximate surface area is 203 Å². The summed E-state index contributed by atoms with van der Waals surface area (Å²) in [5, 5.41) is 0. The van der Waals surface area contributed by atoms with Gasteiger partial charge in [0.15, 0.2) is 5.82 Å². The average molecular weight is 454 g/mol. The van der Waals surface area contributed by atoms with E-state index < -0.39 is 0 Å². The van der Waals surface area contributed by atoms with Gasteiger partial charge in [0, 0.05) is 28.6 Å². The van der Waals surface area contributed by atoms with Crippen LogP contribution in [0.2, 0.25) is 0 Å². The minimum atomic E-state index is -0.141. The van der Waals surface area contributed by atoms with Gasteiger partial charge in [0.25, 0.3) is 0 Å². The summed E-state index contributed by atoms with van der Waals surface area (Å²) in [5.74, 6) is 2.37. The zero-order chi connectivity index (χ0) is 24.1. The Morgan fingerprint density at radius 2 is 1.68 bits per heavy atom. The summed E-state index contributed by atoms with van der Waals surface area (Å²) in [7, 11) is 0. The van der Waals surface area contributed by atoms with E-state index in [4.69, 9.17) is 9.72 Å². The standard InChI is InChI=1S/C30H35N3O/c1-7-29(6)28-32(21(4)5)25-19-20-26(34-22-15-11-10-12-16-22)31-27(25)33(28)24-18-14-13-17-23(24)30(29,8-2)9-3/h8,10-21,28H,2,7,9H2,1,3-6H3. The molecule has 0 saturated carbocycles. The summed E-state index contributed by atoms with van der Waals surface area (Å²) in [6.07, 6.45) is 4.36. The van der Waals surface area contributed by atoms with E-state index in [-0.39, 0.29) is 17.0 Å². The number of benzene rings is 2. The quantitative estimate of drug-likeness (QED) is 0.356. The average Bonchev–Trinajstić information content (AvgIpc) is 3.21. The van der Waals surface area contributed by atoms with Gasteiger partial charge in [0.1, 0.15) is 11.9 Å². The second-order valence-corrected chi connectivity index (χ2v) is 9.97. The minimum Gasteiger partial charge on any atom is -0.439 e. The van der Waals surface area contributed by atoms with Gasteiger partial charge in [-0.3, -0.25) is 0 Å². The minimum absolute atomic E-state index is 0.0801. The molecule has 3 atom stereocenters. The zero-order valence-electron chi connectivity index (χ0n) is 21.0. The zero-order valence-corrected chi connectivity index (χ0v) is 21.0. The van der Waals surface area contributed by atoms with Crippen molar-refractivity contribution in [1.29, 1.82) is 0 Å². The van der Waals surface area contributed by atoms with E-state index in [0.29, 0.717) is 11.9 Å². The molecule has 1 aromatic heterocycles. The Balaban J connectivity index is 1.75. The molecule has 0 saturated heterocycles. The molecule has 4 heteroatoms. The van der Waals surface area contributed by atoms with Gasteiger partial charge >= 0.3 is 0 Å². The van der Waals surface area contributed by atoms with Crippen LogP contribution in [-0.4, -0.2) is 17.2 Å². The summed E-state index contributed by atoms with van der Waals surface area (Å²) >= 11 is 0. The number of anilines is 3. The molecule has 4 nitrogen and oxygen atoms in total. The molecule has 3 aromatic rings. The van der Waals surface area contributed by atoms with E-state index in [1.54, 1.807) is 0 Å². The van der Waals surface area contributed by atoms with E-state index in [0.717, 1.165) is 30.1 Å². The van der Waals surface area contributed by atoms with Crippen LogP contribution in [-0.2, 0) is 5.41 Å². The molecule has 5 rings (SSSR count). The van der Waals surface area contributed by atoms with Crippen molar-refractivity contribution in [1.82, 2.24) is 4.98 Å². The molecule has 0 fully saturated rings. The maximum atomic E-state index is 6.16. The highest BCUT2D eigenvalue weighted by Gasteiger charge is 2.61. The lowest BCUT2D eigenvalue weighted by atomic mass is 9.54. The van der Waals surface area contributed by atoms with E-state index in [1.807, 2.05) is 36.4 Å². The van der Waals surface area contributed by atoms with Gasteiger partial charge in [-0.2, -0.15) is 4.98 Å². The molecule has 0 radical (unpaired) electrons. The van der Waals surface area contributed by atoms with Crippen LogP contribution in [0, 0.1) is 5.41 Å². The third kappa shape index (κ3) is 2.94. The van der Waals surface area contributed by atoms with E-state index >= 15 is 0 Å². The Kier molecular flexibility index (Phi) is 5.43. The fourth-order valence-corrected chi connectivity index (χ4v) is 6.42. The van der Waals surface area contributed by atoms with Gasteiger partial charge in [0.2, 0.25) is 5.88 Å². The van der Waals surface area contributed by atoms with Crippen molar-refractivity contribution in [2.45, 2.75) is 65.1 Å². The maximum absolute atomic E-state index is 6.16. The molecule has 2 aliphatic rings. The topological polar surface area (TPSA) is 28.6 Å². The number of pyridine rings is 1. The van der Waals surface area contributed by atoms with Crippen LogP contribution in [0.25, 0.3) is 0 Å². The second-order valence-electron chi connectivity index (χ2n) is 9.97. The van der Waals surface area contributed by atoms with Crippen LogP contribution < -0.4 is 14.5 Å². The van der Waals surface area contributed by atoms with Crippen LogP contribution in [0.1, 0.15) is 53.0 Å². The number of nitrogens with zero attached hydrogens (tertiary/aromatic N) is 3. The number of hydrogen-bond acceptors (Lipinski definition) is 4. The molecular weight excluding hydrogens is 418 g/mol. The van der Waals surface area contributed by atoms with Crippen molar-refractivity contribution >= 4 is 17.2 Å². The molecule has 2 aromatic carbocycles. The van der Waals surface area contributed by atoms with Crippen LogP contribution in [0.4, 0.5) is 17.2 Å². The first kappa shape index (κ1) is 22.5. The number of allylic oxidation sites excluding steroid dienone is 1. The normalized spacial score (nSPS) is 25.1. The van der Waals surface area contributed by atoms with Crippen molar-refractivity contribution in [2.75, 3.05) is 9.80 Å². The summed E-state index contributed by atoms with van der Waals surface area (Å²) in [5.41, 5.74) is 3.49. The second kappa shape index (κ2) is 8.19. The molecule has 0 aliphatic carbocycles. The Morgan fingerprint density at radius 1 is 0.971 bits per heavy atom. The lowest BCUT2D eigenvalue weighted by Gasteiger charge is -2.59. The van der Waals surface area contributed by atoms with E-state index in [9.17, 15) is 0 Å². The number of rotatable bonds is 6. The lowest BCUT2D eigenvalue weighted by molar-refractivity contribution is 0.112. The molecule has 0 amide bonds. The first-order valence-corrected chi connectivity index (χ1v) is 12.5. The largest absolute Gasteiger partial charge is 0.439 e. The summed E-state index contributed by atoms with van der Waals surface area (Å²) in [4.78, 5) is 10.1. The van der Waals surface area contributed by atoms with Gasteiger partial charge in [-0.1, -0.05) is 63.2 Å². The maximum Gasteiger partial charge on any atom is 0.221 e. The Morgan fingerprint density at radius 3 is 2.32 bits per heavy atom. The number of hydrogen-bond donors (Lipinski definition) is 0. The predicted octanol–water partition coefficient (Wildman–Crippen LogP) is 7.83. The fourth-order valence-electron chi connectivity index (χ4n) is 6.42. The highest BCUT2D eigenvalue weighted by atomic mass is 16.5. The van der Waals surface area contributed by atoms with E-state index in [1.165, 1.54) is 11.3 Å². The van der Waals surface area contributed by atoms with Crippen LogP contribution in [0.15, 0.2) is 79.4 Å². The van der Waals surface area contributed by atoms with Crippen LogP contribution in [0.5, 0.6) is 11.6 Å². The smallest absolute Gasteiger partial charge is 0.221 e. The number of fused-ring (bicyclic) bond motifs is 5. The van der Waals surface area contributed by atoms with Crippen molar-refractivity contribution in [2.24, 2.45) is 5.41 Å². The molecule has 0 spiro atoms. The molecule has 0 N–H and O–H groups in total. The van der Waals surface area contributed by atoms with Crippen molar-refractivity contribution < 1.29 is 4.74 Å². The molecule has 176 valence electrons. The lowest BCUT2D eigenvalue weighted by Crippen LogP contribution is -2.64. The fraction of sp³-hybridized carbons (Fsp3) is 0.367. The van der Waals surface area contributed by atoms with Gasteiger partial charge in [-0.05, 0) is 56.5 Å². The Bertz CT molecular complexity index is 1210. The van der Waals surface area contributed by atoms with Crippen molar-refractivity contribution in [3.8, 4) is 11.6 Å². The predicted molar refractivity (Wildman–Crippen MR) is 141 cm³/mol. The van der Waals surface area contributed by atoms with Gasteiger partial charge in [-0.15, -0.1) is 6.58 Å². The third-order valence-electron chi connectivity index (χ3n) is 8.24. The van der Waals surface area contributed by atoms with Crippen LogP contribution >= 0.6 is 0 Å². The first-order chi connectivity index (χ1) is 16.4. The molecule has 3 unspecified atom stereocenters. The van der Waals surface area contributed by atoms with Gasteiger partial charge in [-0.25, -0.2) is 0 Å². The van der Waals surface area contributed by atoms with Crippen molar-refractivity contribution in [3.63, 3.8) is 0 Å². The molecule has 0 bridgehead atoms.